The number of methoxy groups -OCH3 is 1. The molecule has 0 spiro atoms. The number of nitrogens with one attached hydrogen (secondary N) is 1. The Morgan fingerprint density at radius 2 is 1.88 bits per heavy atom. The van der Waals surface area contributed by atoms with Gasteiger partial charge in [0.2, 0.25) is 0 Å². The molecule has 0 aliphatic carbocycles. The van der Waals surface area contributed by atoms with Gasteiger partial charge < -0.3 is 10.1 Å². The molecule has 7 heteroatoms. The van der Waals surface area contributed by atoms with Crippen molar-refractivity contribution in [1.29, 1.82) is 0 Å². The van der Waals surface area contributed by atoms with Crippen molar-refractivity contribution in [2.75, 3.05) is 12.4 Å². The highest BCUT2D eigenvalue weighted by Crippen LogP contribution is 2.18. The van der Waals surface area contributed by atoms with E-state index in [1.165, 1.54) is 7.11 Å². The molecule has 25 heavy (non-hydrogen) atoms. The molecule has 1 N–H and O–H groups in total. The van der Waals surface area contributed by atoms with Gasteiger partial charge in [0.05, 0.1) is 18.9 Å². The van der Waals surface area contributed by atoms with Gasteiger partial charge >= 0.3 is 5.97 Å². The lowest BCUT2D eigenvalue weighted by Crippen LogP contribution is -2.16. The second kappa shape index (κ2) is 6.72. The maximum Gasteiger partial charge on any atom is 0.337 e. The van der Waals surface area contributed by atoms with Crippen LogP contribution in [0.4, 0.5) is 5.69 Å². The number of amides is 1. The molecule has 1 aromatic carbocycles. The van der Waals surface area contributed by atoms with Crippen molar-refractivity contribution < 1.29 is 14.3 Å². The molecule has 2 aromatic heterocycles. The molecule has 0 bridgehead atoms. The molecule has 2 heterocycles. The molecule has 128 valence electrons. The van der Waals surface area contributed by atoms with Crippen molar-refractivity contribution in [3.05, 3.63) is 59.5 Å². The minimum absolute atomic E-state index is 0.191. The molecule has 0 aliphatic heterocycles. The van der Waals surface area contributed by atoms with Crippen LogP contribution in [0.3, 0.4) is 0 Å². The number of anilines is 1. The van der Waals surface area contributed by atoms with Crippen LogP contribution < -0.4 is 5.32 Å². The molecular formula is C18H18N4O3. The SMILES string of the molecule is COC(=O)c1ccc(NC(=O)c2cc(C(C)C)n3nccc3n2)cc1. The van der Waals surface area contributed by atoms with Gasteiger partial charge in [-0.3, -0.25) is 4.79 Å². The van der Waals surface area contributed by atoms with E-state index in [0.29, 0.717) is 22.6 Å². The number of carbonyl (C=O) groups is 2. The van der Waals surface area contributed by atoms with Crippen molar-refractivity contribution >= 4 is 23.2 Å². The van der Waals surface area contributed by atoms with Crippen LogP contribution in [0.1, 0.15) is 46.3 Å². The number of carbonyl (C=O) groups excluding carboxylic acids is 2. The Labute approximate surface area is 144 Å². The predicted molar refractivity (Wildman–Crippen MR) is 92.8 cm³/mol. The summed E-state index contributed by atoms with van der Waals surface area (Å²) in [4.78, 5) is 28.3. The smallest absolute Gasteiger partial charge is 0.337 e. The minimum Gasteiger partial charge on any atom is -0.465 e. The van der Waals surface area contributed by atoms with E-state index in [0.717, 1.165) is 5.69 Å². The van der Waals surface area contributed by atoms with E-state index in [9.17, 15) is 9.59 Å². The van der Waals surface area contributed by atoms with Gasteiger partial charge in [-0.1, -0.05) is 13.8 Å². The molecular weight excluding hydrogens is 320 g/mol. The molecule has 0 saturated heterocycles. The van der Waals surface area contributed by atoms with E-state index < -0.39 is 5.97 Å². The van der Waals surface area contributed by atoms with Gasteiger partial charge in [-0.25, -0.2) is 14.3 Å². The van der Waals surface area contributed by atoms with Gasteiger partial charge in [-0.15, -0.1) is 0 Å². The summed E-state index contributed by atoms with van der Waals surface area (Å²) in [6.07, 6.45) is 1.65. The van der Waals surface area contributed by atoms with Crippen molar-refractivity contribution in [1.82, 2.24) is 14.6 Å². The molecule has 3 rings (SSSR count). The Kier molecular flexibility index (Phi) is 4.47. The van der Waals surface area contributed by atoms with E-state index in [-0.39, 0.29) is 11.8 Å². The van der Waals surface area contributed by atoms with Crippen LogP contribution in [0.5, 0.6) is 0 Å². The molecule has 0 unspecified atom stereocenters. The van der Waals surface area contributed by atoms with Crippen LogP contribution in [0.2, 0.25) is 0 Å². The molecule has 0 fully saturated rings. The first-order valence-electron chi connectivity index (χ1n) is 7.84. The Morgan fingerprint density at radius 3 is 2.52 bits per heavy atom. The first-order chi connectivity index (χ1) is 12.0. The van der Waals surface area contributed by atoms with E-state index in [2.05, 4.69) is 20.1 Å². The Morgan fingerprint density at radius 1 is 1.16 bits per heavy atom. The van der Waals surface area contributed by atoms with Crippen LogP contribution in [-0.4, -0.2) is 33.6 Å². The topological polar surface area (TPSA) is 85.6 Å². The summed E-state index contributed by atoms with van der Waals surface area (Å²) < 4.78 is 6.38. The summed E-state index contributed by atoms with van der Waals surface area (Å²) in [5, 5.41) is 7.02. The van der Waals surface area contributed by atoms with Crippen LogP contribution in [0.25, 0.3) is 5.65 Å². The van der Waals surface area contributed by atoms with Crippen LogP contribution in [0, 0.1) is 0 Å². The minimum atomic E-state index is -0.424. The monoisotopic (exact) mass is 338 g/mol. The van der Waals surface area contributed by atoms with Gasteiger partial charge in [-0.2, -0.15) is 5.10 Å². The van der Waals surface area contributed by atoms with Crippen molar-refractivity contribution in [3.8, 4) is 0 Å². The standard InChI is InChI=1S/C18H18N4O3/c1-11(2)15-10-14(21-16-8-9-19-22(15)16)17(23)20-13-6-4-12(5-7-13)18(24)25-3/h4-11H,1-3H3,(H,20,23). The number of rotatable bonds is 4. The van der Waals surface area contributed by atoms with E-state index in [4.69, 9.17) is 0 Å². The van der Waals surface area contributed by atoms with Gasteiger partial charge in [-0.05, 0) is 36.2 Å². The third-order valence-corrected chi connectivity index (χ3v) is 3.77. The highest BCUT2D eigenvalue weighted by molar-refractivity contribution is 6.03. The molecule has 0 saturated carbocycles. The zero-order chi connectivity index (χ0) is 18.0. The predicted octanol–water partition coefficient (Wildman–Crippen LogP) is 2.89. The zero-order valence-corrected chi connectivity index (χ0v) is 14.2. The molecule has 0 aliphatic rings. The largest absolute Gasteiger partial charge is 0.465 e. The maximum absolute atomic E-state index is 12.5. The van der Waals surface area contributed by atoms with Crippen LogP contribution in [-0.2, 0) is 4.74 Å². The summed E-state index contributed by atoms with van der Waals surface area (Å²) in [5.74, 6) is -0.556. The fourth-order valence-electron chi connectivity index (χ4n) is 2.47. The number of benzene rings is 1. The second-order valence-electron chi connectivity index (χ2n) is 5.85. The van der Waals surface area contributed by atoms with Gasteiger partial charge in [0.1, 0.15) is 5.69 Å². The van der Waals surface area contributed by atoms with Gasteiger partial charge in [0.25, 0.3) is 5.91 Å². The Hall–Kier alpha value is -3.22. The molecule has 3 aromatic rings. The number of hydrogen-bond donors (Lipinski definition) is 1. The van der Waals surface area contributed by atoms with E-state index >= 15 is 0 Å². The second-order valence-corrected chi connectivity index (χ2v) is 5.85. The first kappa shape index (κ1) is 16.6. The van der Waals surface area contributed by atoms with E-state index in [1.54, 1.807) is 47.1 Å². The zero-order valence-electron chi connectivity index (χ0n) is 14.2. The third kappa shape index (κ3) is 3.35. The third-order valence-electron chi connectivity index (χ3n) is 3.77. The summed E-state index contributed by atoms with van der Waals surface area (Å²) in [7, 11) is 1.32. The van der Waals surface area contributed by atoms with Crippen molar-refractivity contribution in [2.24, 2.45) is 0 Å². The summed E-state index contributed by atoms with van der Waals surface area (Å²) in [6.45, 7) is 4.06. The number of nitrogens with zero attached hydrogens (tertiary/aromatic N) is 3. The lowest BCUT2D eigenvalue weighted by atomic mass is 10.1. The average molecular weight is 338 g/mol. The van der Waals surface area contributed by atoms with Crippen molar-refractivity contribution in [3.63, 3.8) is 0 Å². The van der Waals surface area contributed by atoms with Crippen LogP contribution in [0.15, 0.2) is 42.6 Å². The normalized spacial score (nSPS) is 10.9. The fourth-order valence-corrected chi connectivity index (χ4v) is 2.47. The molecule has 0 atom stereocenters. The average Bonchev–Trinajstić information content (AvgIpc) is 3.09. The Bertz CT molecular complexity index is 929. The van der Waals surface area contributed by atoms with Gasteiger partial charge in [0, 0.05) is 17.4 Å². The quantitative estimate of drug-likeness (QED) is 0.739. The Balaban J connectivity index is 1.86. The highest BCUT2D eigenvalue weighted by Gasteiger charge is 2.15. The molecule has 1 amide bonds. The van der Waals surface area contributed by atoms with E-state index in [1.807, 2.05) is 13.8 Å². The molecule has 0 radical (unpaired) electrons. The first-order valence-corrected chi connectivity index (χ1v) is 7.84. The number of hydrogen-bond acceptors (Lipinski definition) is 5. The fraction of sp³-hybridized carbons (Fsp3) is 0.222. The number of fused-ring (bicyclic) bond motifs is 1. The van der Waals surface area contributed by atoms with Crippen LogP contribution >= 0.6 is 0 Å². The number of ether oxygens (including phenoxy) is 1. The molecule has 7 nitrogen and oxygen atoms in total. The van der Waals surface area contributed by atoms with Gasteiger partial charge in [0.15, 0.2) is 5.65 Å². The lowest BCUT2D eigenvalue weighted by Gasteiger charge is -2.11. The summed E-state index contributed by atoms with van der Waals surface area (Å²) in [5.41, 5.74) is 2.83. The summed E-state index contributed by atoms with van der Waals surface area (Å²) in [6, 6.07) is 9.97. The van der Waals surface area contributed by atoms with Crippen molar-refractivity contribution in [2.45, 2.75) is 19.8 Å². The lowest BCUT2D eigenvalue weighted by molar-refractivity contribution is 0.0600. The number of esters is 1. The summed E-state index contributed by atoms with van der Waals surface area (Å²) >= 11 is 0. The number of aromatic nitrogens is 3. The highest BCUT2D eigenvalue weighted by atomic mass is 16.5. The maximum atomic E-state index is 12.5.